The number of rotatable bonds is 4. The van der Waals surface area contributed by atoms with Crippen molar-refractivity contribution in [2.24, 2.45) is 5.92 Å². The summed E-state index contributed by atoms with van der Waals surface area (Å²) in [6.07, 6.45) is 1.06. The van der Waals surface area contributed by atoms with Gasteiger partial charge in [0.05, 0.1) is 5.56 Å². The number of benzene rings is 2. The summed E-state index contributed by atoms with van der Waals surface area (Å²) in [4.78, 5) is 11.0. The maximum Gasteiger partial charge on any atom is 0.335 e. The van der Waals surface area contributed by atoms with E-state index in [1.165, 1.54) is 5.56 Å². The average Bonchev–Trinajstić information content (AvgIpc) is 2.38. The van der Waals surface area contributed by atoms with Gasteiger partial charge in [0.25, 0.3) is 0 Å². The van der Waals surface area contributed by atoms with Crippen molar-refractivity contribution in [1.29, 1.82) is 0 Å². The van der Waals surface area contributed by atoms with Crippen LogP contribution in [0.15, 0.2) is 42.5 Å². The highest BCUT2D eigenvalue weighted by Gasteiger charge is 2.08. The standard InChI is InChI=1S/C18H20O2/c1-12(2)9-14-5-4-6-15(11-14)17-8-7-16(18(19)20)10-13(17)3/h4-8,10-12H,9H2,1-3H3,(H,19,20). The Balaban J connectivity index is 2.38. The van der Waals surface area contributed by atoms with Crippen molar-refractivity contribution < 1.29 is 9.90 Å². The monoisotopic (exact) mass is 268 g/mol. The third-order valence-corrected chi connectivity index (χ3v) is 3.36. The van der Waals surface area contributed by atoms with Gasteiger partial charge < -0.3 is 5.11 Å². The van der Waals surface area contributed by atoms with Crippen LogP contribution in [0.25, 0.3) is 11.1 Å². The van der Waals surface area contributed by atoms with E-state index in [1.807, 2.05) is 13.0 Å². The van der Waals surface area contributed by atoms with Crippen LogP contribution in [-0.4, -0.2) is 11.1 Å². The topological polar surface area (TPSA) is 37.3 Å². The zero-order valence-electron chi connectivity index (χ0n) is 12.2. The maximum atomic E-state index is 11.0. The van der Waals surface area contributed by atoms with E-state index < -0.39 is 5.97 Å². The highest BCUT2D eigenvalue weighted by molar-refractivity contribution is 5.89. The van der Waals surface area contributed by atoms with Gasteiger partial charge >= 0.3 is 5.97 Å². The summed E-state index contributed by atoms with van der Waals surface area (Å²) in [5, 5.41) is 9.01. The van der Waals surface area contributed by atoms with Gasteiger partial charge in [0, 0.05) is 0 Å². The molecule has 2 nitrogen and oxygen atoms in total. The summed E-state index contributed by atoms with van der Waals surface area (Å²) in [7, 11) is 0. The summed E-state index contributed by atoms with van der Waals surface area (Å²) in [6.45, 7) is 6.37. The van der Waals surface area contributed by atoms with E-state index in [0.29, 0.717) is 11.5 Å². The van der Waals surface area contributed by atoms with Crippen LogP contribution in [-0.2, 0) is 6.42 Å². The molecule has 2 rings (SSSR count). The van der Waals surface area contributed by atoms with Gasteiger partial charge in [-0.15, -0.1) is 0 Å². The first-order valence-corrected chi connectivity index (χ1v) is 6.90. The lowest BCUT2D eigenvalue weighted by Crippen LogP contribution is -1.98. The minimum absolute atomic E-state index is 0.338. The fraction of sp³-hybridized carbons (Fsp3) is 0.278. The van der Waals surface area contributed by atoms with Crippen molar-refractivity contribution in [2.45, 2.75) is 27.2 Å². The molecule has 0 saturated heterocycles. The quantitative estimate of drug-likeness (QED) is 0.882. The Morgan fingerprint density at radius 1 is 1.15 bits per heavy atom. The van der Waals surface area contributed by atoms with Gasteiger partial charge in [-0.05, 0) is 53.6 Å². The zero-order chi connectivity index (χ0) is 14.7. The van der Waals surface area contributed by atoms with Crippen molar-refractivity contribution in [3.05, 3.63) is 59.2 Å². The number of aromatic carboxylic acids is 1. The molecule has 0 atom stereocenters. The third kappa shape index (κ3) is 3.27. The van der Waals surface area contributed by atoms with Crippen molar-refractivity contribution in [3.8, 4) is 11.1 Å². The summed E-state index contributed by atoms with van der Waals surface area (Å²) in [5.41, 5.74) is 4.90. The molecular weight excluding hydrogens is 248 g/mol. The van der Waals surface area contributed by atoms with E-state index in [1.54, 1.807) is 12.1 Å². The van der Waals surface area contributed by atoms with Crippen molar-refractivity contribution in [1.82, 2.24) is 0 Å². The molecule has 0 aromatic heterocycles. The molecule has 2 aromatic rings. The molecule has 20 heavy (non-hydrogen) atoms. The van der Waals surface area contributed by atoms with Crippen LogP contribution in [0.1, 0.15) is 35.3 Å². The molecule has 0 bridgehead atoms. The van der Waals surface area contributed by atoms with Crippen LogP contribution in [0.2, 0.25) is 0 Å². The van der Waals surface area contributed by atoms with Crippen molar-refractivity contribution in [2.75, 3.05) is 0 Å². The number of hydrogen-bond acceptors (Lipinski definition) is 1. The average molecular weight is 268 g/mol. The smallest absolute Gasteiger partial charge is 0.335 e. The largest absolute Gasteiger partial charge is 0.478 e. The molecule has 0 radical (unpaired) electrons. The number of carboxylic acids is 1. The Morgan fingerprint density at radius 2 is 1.90 bits per heavy atom. The van der Waals surface area contributed by atoms with Crippen LogP contribution in [0.4, 0.5) is 0 Å². The molecule has 2 aromatic carbocycles. The van der Waals surface area contributed by atoms with Gasteiger partial charge in [-0.25, -0.2) is 4.79 Å². The van der Waals surface area contributed by atoms with Crippen LogP contribution >= 0.6 is 0 Å². The Kier molecular flexibility index (Phi) is 4.23. The minimum atomic E-state index is -0.881. The second kappa shape index (κ2) is 5.91. The van der Waals surface area contributed by atoms with Crippen LogP contribution in [0.3, 0.4) is 0 Å². The molecule has 0 amide bonds. The highest BCUT2D eigenvalue weighted by Crippen LogP contribution is 2.26. The lowest BCUT2D eigenvalue weighted by molar-refractivity contribution is 0.0697. The summed E-state index contributed by atoms with van der Waals surface area (Å²) < 4.78 is 0. The fourth-order valence-electron chi connectivity index (χ4n) is 2.46. The van der Waals surface area contributed by atoms with Crippen LogP contribution in [0, 0.1) is 12.8 Å². The molecule has 0 unspecified atom stereocenters. The Bertz CT molecular complexity index is 627. The predicted molar refractivity (Wildman–Crippen MR) is 82.1 cm³/mol. The first kappa shape index (κ1) is 14.3. The normalized spacial score (nSPS) is 10.8. The lowest BCUT2D eigenvalue weighted by Gasteiger charge is -2.10. The van der Waals surface area contributed by atoms with E-state index >= 15 is 0 Å². The molecule has 1 N–H and O–H groups in total. The van der Waals surface area contributed by atoms with Gasteiger partial charge in [0.2, 0.25) is 0 Å². The zero-order valence-corrected chi connectivity index (χ0v) is 12.2. The highest BCUT2D eigenvalue weighted by atomic mass is 16.4. The minimum Gasteiger partial charge on any atom is -0.478 e. The molecular formula is C18H20O2. The first-order chi connectivity index (χ1) is 9.47. The number of hydrogen-bond donors (Lipinski definition) is 1. The van der Waals surface area contributed by atoms with Gasteiger partial charge in [0.15, 0.2) is 0 Å². The van der Waals surface area contributed by atoms with Gasteiger partial charge in [0.1, 0.15) is 0 Å². The molecule has 0 saturated carbocycles. The predicted octanol–water partition coefficient (Wildman–Crippen LogP) is 4.56. The molecule has 104 valence electrons. The Hall–Kier alpha value is -2.09. The molecule has 0 heterocycles. The summed E-state index contributed by atoms with van der Waals surface area (Å²) >= 11 is 0. The molecule has 0 aliphatic carbocycles. The molecule has 0 spiro atoms. The molecule has 0 aliphatic rings. The second-order valence-corrected chi connectivity index (χ2v) is 5.63. The van der Waals surface area contributed by atoms with E-state index in [4.69, 9.17) is 5.11 Å². The molecule has 0 aliphatic heterocycles. The van der Waals surface area contributed by atoms with Crippen molar-refractivity contribution >= 4 is 5.97 Å². The summed E-state index contributed by atoms with van der Waals surface area (Å²) in [6, 6.07) is 13.8. The van der Waals surface area contributed by atoms with Gasteiger partial charge in [-0.3, -0.25) is 0 Å². The van der Waals surface area contributed by atoms with E-state index in [-0.39, 0.29) is 0 Å². The van der Waals surface area contributed by atoms with Gasteiger partial charge in [-0.2, -0.15) is 0 Å². The Labute approximate surface area is 120 Å². The third-order valence-electron chi connectivity index (χ3n) is 3.36. The van der Waals surface area contributed by atoms with Crippen LogP contribution in [0.5, 0.6) is 0 Å². The maximum absolute atomic E-state index is 11.0. The summed E-state index contributed by atoms with van der Waals surface area (Å²) in [5.74, 6) is -0.256. The molecule has 0 fully saturated rings. The molecule has 2 heteroatoms. The van der Waals surface area contributed by atoms with E-state index in [9.17, 15) is 4.79 Å². The SMILES string of the molecule is Cc1cc(C(=O)O)ccc1-c1cccc(CC(C)C)c1. The second-order valence-electron chi connectivity index (χ2n) is 5.63. The number of aryl methyl sites for hydroxylation is 1. The lowest BCUT2D eigenvalue weighted by atomic mass is 9.95. The fourth-order valence-corrected chi connectivity index (χ4v) is 2.46. The van der Waals surface area contributed by atoms with E-state index in [2.05, 4.69) is 38.1 Å². The van der Waals surface area contributed by atoms with Gasteiger partial charge in [-0.1, -0.05) is 44.2 Å². The Morgan fingerprint density at radius 3 is 2.50 bits per heavy atom. The van der Waals surface area contributed by atoms with E-state index in [0.717, 1.165) is 23.1 Å². The first-order valence-electron chi connectivity index (χ1n) is 6.90. The number of carboxylic acid groups (broad SMARTS) is 1. The number of carbonyl (C=O) groups is 1. The van der Waals surface area contributed by atoms with Crippen LogP contribution < -0.4 is 0 Å². The van der Waals surface area contributed by atoms with Crippen molar-refractivity contribution in [3.63, 3.8) is 0 Å².